The van der Waals surface area contributed by atoms with Crippen LogP contribution in [0.4, 0.5) is 29.2 Å². The highest BCUT2D eigenvalue weighted by Crippen LogP contribution is 2.27. The van der Waals surface area contributed by atoms with Crippen LogP contribution in [0.25, 0.3) is 0 Å². The number of hydrogen-bond acceptors (Lipinski definition) is 14. The van der Waals surface area contributed by atoms with Gasteiger partial charge >= 0.3 is 0 Å². The monoisotopic (exact) mass is 583 g/mol. The molecule has 16 heteroatoms. The number of non-ortho nitro benzene ring substituents is 1. The third-order valence-electron chi connectivity index (χ3n) is 6.99. The Balaban J connectivity index is 1.42. The van der Waals surface area contributed by atoms with Gasteiger partial charge in [-0.1, -0.05) is 0 Å². The van der Waals surface area contributed by atoms with Crippen molar-refractivity contribution in [3.8, 4) is 0 Å². The molecule has 3 aromatic rings. The maximum atomic E-state index is 13.1. The van der Waals surface area contributed by atoms with E-state index >= 15 is 0 Å². The van der Waals surface area contributed by atoms with Crippen LogP contribution in [0.1, 0.15) is 12.8 Å². The minimum atomic E-state index is -3.89. The van der Waals surface area contributed by atoms with Crippen molar-refractivity contribution in [2.75, 3.05) is 41.3 Å². The molecule has 2 fully saturated rings. The molecule has 218 valence electrons. The molecule has 2 aliphatic heterocycles. The Labute approximate surface area is 237 Å². The van der Waals surface area contributed by atoms with Crippen LogP contribution in [-0.2, 0) is 9.84 Å². The molecule has 15 nitrogen and oxygen atoms in total. The van der Waals surface area contributed by atoms with E-state index in [-0.39, 0.29) is 45.6 Å². The molecular weight excluding hydrogens is 550 g/mol. The fourth-order valence-electron chi connectivity index (χ4n) is 5.11. The average molecular weight is 584 g/mol. The quantitative estimate of drug-likeness (QED) is 0.183. The van der Waals surface area contributed by atoms with Crippen molar-refractivity contribution in [3.63, 3.8) is 0 Å². The molecule has 0 spiro atoms. The normalized spacial score (nSPS) is 23.3. The van der Waals surface area contributed by atoms with Gasteiger partial charge in [-0.25, -0.2) is 8.42 Å². The Morgan fingerprint density at radius 3 is 1.56 bits per heavy atom. The third-order valence-corrected chi connectivity index (χ3v) is 8.77. The maximum Gasteiger partial charge on any atom is 0.269 e. The number of hydrogen-bond donors (Lipinski definition) is 5. The van der Waals surface area contributed by atoms with Gasteiger partial charge in [-0.05, 0) is 49.2 Å². The van der Waals surface area contributed by atoms with Crippen LogP contribution in [0, 0.1) is 10.1 Å². The van der Waals surface area contributed by atoms with Crippen molar-refractivity contribution < 1.29 is 13.3 Å². The first-order valence-electron chi connectivity index (χ1n) is 13.1. The fourth-order valence-corrected chi connectivity index (χ4v) is 6.37. The van der Waals surface area contributed by atoms with Crippen LogP contribution >= 0.6 is 0 Å². The summed E-state index contributed by atoms with van der Waals surface area (Å²) in [6.45, 7) is 2.13. The molecule has 2 aromatic carbocycles. The Bertz CT molecular complexity index is 1440. The van der Waals surface area contributed by atoms with E-state index in [1.807, 2.05) is 9.80 Å². The number of sulfone groups is 1. The van der Waals surface area contributed by atoms with E-state index in [0.717, 1.165) is 12.1 Å². The second-order valence-corrected chi connectivity index (χ2v) is 12.4. The first kappa shape index (κ1) is 28.6. The molecule has 0 saturated carbocycles. The molecule has 2 saturated heterocycles. The van der Waals surface area contributed by atoms with Crippen LogP contribution in [0.15, 0.2) is 58.3 Å². The molecule has 41 heavy (non-hydrogen) atoms. The molecule has 0 unspecified atom stereocenters. The highest BCUT2D eigenvalue weighted by Gasteiger charge is 2.29. The van der Waals surface area contributed by atoms with Crippen LogP contribution in [-0.4, -0.2) is 78.6 Å². The predicted octanol–water partition coefficient (Wildman–Crippen LogP) is 0.0856. The number of nitrogens with one attached hydrogen (secondary N) is 1. The largest absolute Gasteiger partial charge is 0.338 e. The minimum absolute atomic E-state index is 0.0292. The van der Waals surface area contributed by atoms with Gasteiger partial charge in [0, 0.05) is 68.2 Å². The molecule has 1 aromatic heterocycles. The number of nitro benzene ring substituents is 1. The molecule has 0 bridgehead atoms. The zero-order chi connectivity index (χ0) is 29.3. The van der Waals surface area contributed by atoms with Crippen LogP contribution in [0.2, 0.25) is 0 Å². The molecule has 9 N–H and O–H groups in total. The zero-order valence-corrected chi connectivity index (χ0v) is 23.0. The van der Waals surface area contributed by atoms with Gasteiger partial charge in [0.1, 0.15) is 0 Å². The highest BCUT2D eigenvalue weighted by molar-refractivity contribution is 7.91. The summed E-state index contributed by atoms with van der Waals surface area (Å²) in [6, 6.07) is 10.3. The standard InChI is InChI=1S/C25H33N11O4S/c26-15-9-16(27)12-34(11-15)24-31-23(32-25(33-24)35-13-17(28)10-18(29)14-35)30-19-1-5-21(6-2-19)41(39,40)22-7-3-20(4-8-22)36(37)38/h1-8,15-18H,9-14,26-29H2,(H,30,31,32,33)/t15-,16+,17-,18+. The second-order valence-electron chi connectivity index (χ2n) is 10.5. The molecule has 3 heterocycles. The van der Waals surface area contributed by atoms with Crippen LogP contribution < -0.4 is 38.1 Å². The van der Waals surface area contributed by atoms with Gasteiger partial charge in [0.15, 0.2) is 0 Å². The third kappa shape index (κ3) is 6.52. The van der Waals surface area contributed by atoms with Gasteiger partial charge in [0.05, 0.1) is 14.7 Å². The number of aromatic nitrogens is 3. The Hall–Kier alpha value is -3.96. The lowest BCUT2D eigenvalue weighted by atomic mass is 10.0. The van der Waals surface area contributed by atoms with Gasteiger partial charge in [-0.15, -0.1) is 0 Å². The van der Waals surface area contributed by atoms with Crippen molar-refractivity contribution >= 4 is 39.1 Å². The lowest BCUT2D eigenvalue weighted by Crippen LogP contribution is -2.54. The molecule has 2 aliphatic rings. The summed E-state index contributed by atoms with van der Waals surface area (Å²) in [5, 5.41) is 14.0. The number of benzene rings is 2. The number of rotatable bonds is 7. The summed E-state index contributed by atoms with van der Waals surface area (Å²) >= 11 is 0. The van der Waals surface area contributed by atoms with Crippen molar-refractivity contribution in [2.24, 2.45) is 22.9 Å². The molecule has 0 radical (unpaired) electrons. The Kier molecular flexibility index (Phi) is 8.01. The summed E-state index contributed by atoms with van der Waals surface area (Å²) in [5.41, 5.74) is 25.2. The van der Waals surface area contributed by atoms with Gasteiger partial charge in [-0.2, -0.15) is 15.0 Å². The van der Waals surface area contributed by atoms with Crippen LogP contribution in [0.5, 0.6) is 0 Å². The Morgan fingerprint density at radius 2 is 1.15 bits per heavy atom. The van der Waals surface area contributed by atoms with E-state index < -0.39 is 14.8 Å². The van der Waals surface area contributed by atoms with Crippen LogP contribution in [0.3, 0.4) is 0 Å². The van der Waals surface area contributed by atoms with E-state index in [1.165, 1.54) is 24.3 Å². The van der Waals surface area contributed by atoms with E-state index in [2.05, 4.69) is 15.3 Å². The van der Waals surface area contributed by atoms with Gasteiger partial charge in [0.25, 0.3) is 5.69 Å². The summed E-state index contributed by atoms with van der Waals surface area (Å²) in [7, 11) is -3.89. The number of nitro groups is 1. The number of anilines is 4. The second kappa shape index (κ2) is 11.5. The molecular formula is C25H33N11O4S. The lowest BCUT2D eigenvalue weighted by molar-refractivity contribution is -0.384. The topological polar surface area (TPSA) is 239 Å². The SMILES string of the molecule is N[C@@H]1C[C@H](N)CN(c2nc(Nc3ccc(S(=O)(=O)c4ccc([N+](=O)[O-])cc4)cc3)nc(N3C[C@H](N)C[C@H](N)C3)n2)C1. The van der Waals surface area contributed by atoms with E-state index in [1.54, 1.807) is 12.1 Å². The number of nitrogens with zero attached hydrogens (tertiary/aromatic N) is 6. The van der Waals surface area contributed by atoms with E-state index in [4.69, 9.17) is 27.9 Å². The van der Waals surface area contributed by atoms with Gasteiger partial charge in [-0.3, -0.25) is 10.1 Å². The van der Waals surface area contributed by atoms with E-state index in [0.29, 0.717) is 56.6 Å². The predicted molar refractivity (Wildman–Crippen MR) is 154 cm³/mol. The summed E-state index contributed by atoms with van der Waals surface area (Å²) in [5.74, 6) is 1.07. The van der Waals surface area contributed by atoms with E-state index in [9.17, 15) is 18.5 Å². The van der Waals surface area contributed by atoms with Gasteiger partial charge in [0.2, 0.25) is 27.7 Å². The lowest BCUT2D eigenvalue weighted by Gasteiger charge is -2.37. The first-order chi connectivity index (χ1) is 19.5. The van der Waals surface area contributed by atoms with Crippen molar-refractivity contribution in [1.82, 2.24) is 15.0 Å². The Morgan fingerprint density at radius 1 is 0.732 bits per heavy atom. The number of piperidine rings is 2. The summed E-state index contributed by atoms with van der Waals surface area (Å²) in [4.78, 5) is 28.1. The average Bonchev–Trinajstić information content (AvgIpc) is 2.92. The summed E-state index contributed by atoms with van der Waals surface area (Å²) < 4.78 is 26.1. The molecule has 4 atom stereocenters. The maximum absolute atomic E-state index is 13.1. The summed E-state index contributed by atoms with van der Waals surface area (Å²) in [6.07, 6.45) is 1.40. The zero-order valence-electron chi connectivity index (χ0n) is 22.2. The van der Waals surface area contributed by atoms with Crippen molar-refractivity contribution in [3.05, 3.63) is 58.6 Å². The van der Waals surface area contributed by atoms with Crippen molar-refractivity contribution in [2.45, 2.75) is 46.8 Å². The highest BCUT2D eigenvalue weighted by atomic mass is 32.2. The molecule has 5 rings (SSSR count). The molecule has 0 aliphatic carbocycles. The van der Waals surface area contributed by atoms with Crippen molar-refractivity contribution in [1.29, 1.82) is 0 Å². The minimum Gasteiger partial charge on any atom is -0.338 e. The molecule has 0 amide bonds. The first-order valence-corrected chi connectivity index (χ1v) is 14.6. The smallest absolute Gasteiger partial charge is 0.269 e. The fraction of sp³-hybridized carbons (Fsp3) is 0.400. The van der Waals surface area contributed by atoms with Gasteiger partial charge < -0.3 is 38.1 Å². The number of nitrogens with two attached hydrogens (primary N) is 4.